The zero-order valence-corrected chi connectivity index (χ0v) is 27.6. The number of hydrogen-bond donors (Lipinski definition) is 3. The molecule has 6 atom stereocenters. The smallest absolute Gasteiger partial charge is 0.404 e. The SMILES string of the molecule is Cc1ccc(C(=O)NC[C@H](NC(=O)c2ccc3ccccc3n2)C(=O)N[C@@H](CC(C)C)B2O[C@@H]3C[C@@H]4C[C@@H](C4(C)C)[C@]3(C)O2)cc1. The fourth-order valence-corrected chi connectivity index (χ4v) is 7.74. The number of fused-ring (bicyclic) bond motifs is 1. The molecule has 3 aromatic rings. The molecule has 1 saturated heterocycles. The van der Waals surface area contributed by atoms with Gasteiger partial charge in [0, 0.05) is 17.5 Å². The number of pyridine rings is 1. The van der Waals surface area contributed by atoms with E-state index in [1.807, 2.05) is 49.4 Å². The molecule has 0 radical (unpaired) electrons. The van der Waals surface area contributed by atoms with Crippen molar-refractivity contribution in [2.24, 2.45) is 23.2 Å². The number of aryl methyl sites for hydroxylation is 1. The van der Waals surface area contributed by atoms with Crippen LogP contribution in [0.3, 0.4) is 0 Å². The minimum absolute atomic E-state index is 0.0240. The molecule has 1 aliphatic heterocycles. The van der Waals surface area contributed by atoms with E-state index in [-0.39, 0.29) is 35.6 Å². The summed E-state index contributed by atoms with van der Waals surface area (Å²) >= 11 is 0. The van der Waals surface area contributed by atoms with Gasteiger partial charge in [-0.2, -0.15) is 0 Å². The highest BCUT2D eigenvalue weighted by molar-refractivity contribution is 6.48. The van der Waals surface area contributed by atoms with E-state index in [9.17, 15) is 14.4 Å². The predicted molar refractivity (Wildman–Crippen MR) is 178 cm³/mol. The van der Waals surface area contributed by atoms with Crippen molar-refractivity contribution in [1.29, 1.82) is 0 Å². The number of nitrogens with one attached hydrogen (secondary N) is 3. The van der Waals surface area contributed by atoms with Crippen LogP contribution in [0, 0.1) is 30.1 Å². The Morgan fingerprint density at radius 3 is 2.41 bits per heavy atom. The van der Waals surface area contributed by atoms with E-state index >= 15 is 0 Å². The predicted octanol–water partition coefficient (Wildman–Crippen LogP) is 4.87. The van der Waals surface area contributed by atoms with Crippen LogP contribution in [-0.2, 0) is 14.1 Å². The normalized spacial score (nSPS) is 25.7. The number of carbonyl (C=O) groups excluding carboxylic acids is 3. The summed E-state index contributed by atoms with van der Waals surface area (Å²) in [6, 6.07) is 17.1. The van der Waals surface area contributed by atoms with Crippen molar-refractivity contribution in [3.05, 3.63) is 77.5 Å². The van der Waals surface area contributed by atoms with E-state index in [4.69, 9.17) is 9.31 Å². The molecule has 4 fully saturated rings. The van der Waals surface area contributed by atoms with Crippen molar-refractivity contribution in [2.45, 2.75) is 84.5 Å². The van der Waals surface area contributed by atoms with Crippen LogP contribution in [-0.4, -0.2) is 60.1 Å². The molecule has 4 aliphatic rings. The highest BCUT2D eigenvalue weighted by atomic mass is 16.7. The van der Waals surface area contributed by atoms with E-state index in [0.717, 1.165) is 23.8 Å². The number of rotatable bonds is 10. The number of para-hydroxylation sites is 1. The highest BCUT2D eigenvalue weighted by Gasteiger charge is 2.68. The van der Waals surface area contributed by atoms with Crippen molar-refractivity contribution >= 4 is 35.7 Å². The molecule has 242 valence electrons. The van der Waals surface area contributed by atoms with Gasteiger partial charge in [0.15, 0.2) is 0 Å². The first kappa shape index (κ1) is 32.2. The van der Waals surface area contributed by atoms with Gasteiger partial charge in [0.05, 0.1) is 23.2 Å². The Morgan fingerprint density at radius 2 is 1.70 bits per heavy atom. The molecule has 2 aromatic carbocycles. The summed E-state index contributed by atoms with van der Waals surface area (Å²) in [7, 11) is -0.614. The summed E-state index contributed by atoms with van der Waals surface area (Å²) in [5.74, 6) is -0.476. The molecule has 1 aromatic heterocycles. The molecule has 3 aliphatic carbocycles. The van der Waals surface area contributed by atoms with Gasteiger partial charge >= 0.3 is 7.12 Å². The van der Waals surface area contributed by atoms with E-state index < -0.39 is 36.5 Å². The third-order valence-electron chi connectivity index (χ3n) is 10.6. The molecule has 7 rings (SSSR count). The van der Waals surface area contributed by atoms with Crippen molar-refractivity contribution in [3.8, 4) is 0 Å². The van der Waals surface area contributed by atoms with E-state index in [1.54, 1.807) is 18.2 Å². The van der Waals surface area contributed by atoms with Gasteiger partial charge in [-0.15, -0.1) is 0 Å². The lowest BCUT2D eigenvalue weighted by Gasteiger charge is -2.64. The Kier molecular flexibility index (Phi) is 8.72. The Labute approximate surface area is 271 Å². The van der Waals surface area contributed by atoms with Crippen LogP contribution in [0.15, 0.2) is 60.7 Å². The van der Waals surface area contributed by atoms with Crippen molar-refractivity contribution in [3.63, 3.8) is 0 Å². The second-order valence-electron chi connectivity index (χ2n) is 14.6. The molecule has 3 amide bonds. The van der Waals surface area contributed by atoms with E-state index in [1.165, 1.54) is 0 Å². The van der Waals surface area contributed by atoms with Crippen LogP contribution in [0.1, 0.15) is 80.3 Å². The first-order chi connectivity index (χ1) is 21.8. The second kappa shape index (κ2) is 12.5. The maximum Gasteiger partial charge on any atom is 0.481 e. The maximum atomic E-state index is 14.0. The molecule has 46 heavy (non-hydrogen) atoms. The Hall–Kier alpha value is -3.76. The van der Waals surface area contributed by atoms with Gasteiger partial charge in [-0.3, -0.25) is 14.4 Å². The quantitative estimate of drug-likeness (QED) is 0.277. The minimum atomic E-state index is -1.07. The largest absolute Gasteiger partial charge is 0.481 e. The number of aromatic nitrogens is 1. The van der Waals surface area contributed by atoms with Gasteiger partial charge < -0.3 is 25.3 Å². The first-order valence-electron chi connectivity index (χ1n) is 16.5. The Morgan fingerprint density at radius 1 is 0.957 bits per heavy atom. The average molecular weight is 625 g/mol. The standard InChI is InChI=1S/C36H45BN4O5/c1-21(2)17-31(37-45-30-19-25-18-29(35(25,4)5)36(30,6)46-37)41-34(44)28(20-38-32(42)24-13-11-22(3)12-14-24)40-33(43)27-16-15-23-9-7-8-10-26(23)39-27/h7-16,21,25,28-31H,17-20H2,1-6H3,(H,38,42)(H,40,43)(H,41,44)/t25-,28-,29-,30+,31-,36-/m0/s1. The fourth-order valence-electron chi connectivity index (χ4n) is 7.74. The second-order valence-corrected chi connectivity index (χ2v) is 14.6. The van der Waals surface area contributed by atoms with Gasteiger partial charge in [-0.25, -0.2) is 4.98 Å². The van der Waals surface area contributed by atoms with Gasteiger partial charge in [-0.05, 0) is 80.5 Å². The molecule has 0 unspecified atom stereocenters. The Bertz CT molecular complexity index is 1630. The number of hydrogen-bond acceptors (Lipinski definition) is 6. The molecule has 3 saturated carbocycles. The zero-order valence-electron chi connectivity index (χ0n) is 27.6. The molecular weight excluding hydrogens is 579 g/mol. The molecule has 0 spiro atoms. The van der Waals surface area contributed by atoms with Gasteiger partial charge in [0.25, 0.3) is 11.8 Å². The monoisotopic (exact) mass is 624 g/mol. The third-order valence-corrected chi connectivity index (χ3v) is 10.6. The van der Waals surface area contributed by atoms with Crippen LogP contribution in [0.4, 0.5) is 0 Å². The van der Waals surface area contributed by atoms with Crippen molar-refractivity contribution < 1.29 is 23.7 Å². The van der Waals surface area contributed by atoms with Crippen LogP contribution in [0.25, 0.3) is 10.9 Å². The van der Waals surface area contributed by atoms with Crippen LogP contribution in [0.5, 0.6) is 0 Å². The summed E-state index contributed by atoms with van der Waals surface area (Å²) in [4.78, 5) is 45.0. The average Bonchev–Trinajstić information content (AvgIpc) is 3.39. The van der Waals surface area contributed by atoms with Crippen LogP contribution in [0.2, 0.25) is 0 Å². The lowest BCUT2D eigenvalue weighted by Crippen LogP contribution is -2.65. The number of carbonyl (C=O) groups is 3. The summed E-state index contributed by atoms with van der Waals surface area (Å²) < 4.78 is 13.3. The Balaban J connectivity index is 1.21. The fraction of sp³-hybridized carbons (Fsp3) is 0.500. The number of benzene rings is 2. The van der Waals surface area contributed by atoms with Gasteiger partial charge in [0.1, 0.15) is 11.7 Å². The third kappa shape index (κ3) is 6.17. The molecular formula is C36H45BN4O5. The van der Waals surface area contributed by atoms with Crippen LogP contribution >= 0.6 is 0 Å². The van der Waals surface area contributed by atoms with Crippen molar-refractivity contribution in [1.82, 2.24) is 20.9 Å². The topological polar surface area (TPSA) is 119 Å². The summed E-state index contributed by atoms with van der Waals surface area (Å²) in [5.41, 5.74) is 2.14. The van der Waals surface area contributed by atoms with Gasteiger partial charge in [-0.1, -0.05) is 69.7 Å². The summed E-state index contributed by atoms with van der Waals surface area (Å²) in [5, 5.41) is 9.73. The van der Waals surface area contributed by atoms with E-state index in [2.05, 4.69) is 55.6 Å². The van der Waals surface area contributed by atoms with Crippen LogP contribution < -0.4 is 16.0 Å². The number of nitrogens with zero attached hydrogens (tertiary/aromatic N) is 1. The minimum Gasteiger partial charge on any atom is -0.404 e. The molecule has 9 nitrogen and oxygen atoms in total. The zero-order chi connectivity index (χ0) is 32.8. The lowest BCUT2D eigenvalue weighted by atomic mass is 9.43. The maximum absolute atomic E-state index is 14.0. The highest BCUT2D eigenvalue weighted by Crippen LogP contribution is 2.65. The lowest BCUT2D eigenvalue weighted by molar-refractivity contribution is -0.199. The first-order valence-corrected chi connectivity index (χ1v) is 16.5. The molecule has 10 heteroatoms. The van der Waals surface area contributed by atoms with Crippen molar-refractivity contribution in [2.75, 3.05) is 6.54 Å². The number of amides is 3. The summed E-state index contributed by atoms with van der Waals surface area (Å²) in [6.45, 7) is 12.8. The summed E-state index contributed by atoms with van der Waals surface area (Å²) in [6.07, 6.45) is 2.68. The molecule has 3 N–H and O–H groups in total. The molecule has 2 bridgehead atoms. The van der Waals surface area contributed by atoms with Gasteiger partial charge in [0.2, 0.25) is 5.91 Å². The molecule has 2 heterocycles. The van der Waals surface area contributed by atoms with E-state index in [0.29, 0.717) is 29.3 Å².